The van der Waals surface area contributed by atoms with Crippen molar-refractivity contribution in [1.82, 2.24) is 9.66 Å². The molecule has 4 aromatic rings. The molecule has 0 spiro atoms. The molecule has 0 N–H and O–H groups in total. The molecular weight excluding hydrogens is 520 g/mol. The molecule has 0 atom stereocenters. The fourth-order valence-corrected chi connectivity index (χ4v) is 4.01. The van der Waals surface area contributed by atoms with Crippen molar-refractivity contribution in [3.63, 3.8) is 0 Å². The van der Waals surface area contributed by atoms with E-state index in [1.165, 1.54) is 18.0 Å². The standard InChI is InChI=1S/C25H18BrClN4O3/c1-15-30-22-8-7-19(26)11-20(22)25(32)31(15)29-13-16-9-21(27)24(23(10-16)33-2)34-14-18-6-4-3-5-17(18)12-28/h3-11,13H,14H2,1-2H3. The van der Waals surface area contributed by atoms with Crippen LogP contribution >= 0.6 is 27.5 Å². The van der Waals surface area contributed by atoms with Crippen molar-refractivity contribution >= 4 is 44.6 Å². The van der Waals surface area contributed by atoms with E-state index < -0.39 is 0 Å². The third kappa shape index (κ3) is 4.81. The largest absolute Gasteiger partial charge is 0.493 e. The second-order valence-electron chi connectivity index (χ2n) is 7.27. The van der Waals surface area contributed by atoms with E-state index >= 15 is 0 Å². The van der Waals surface area contributed by atoms with Crippen LogP contribution in [0.2, 0.25) is 5.02 Å². The highest BCUT2D eigenvalue weighted by Gasteiger charge is 2.13. The molecule has 0 saturated heterocycles. The number of aromatic nitrogens is 2. The molecule has 0 aliphatic heterocycles. The fraction of sp³-hybridized carbons (Fsp3) is 0.120. The second kappa shape index (κ2) is 10.1. The van der Waals surface area contributed by atoms with Crippen molar-refractivity contribution < 1.29 is 9.47 Å². The van der Waals surface area contributed by atoms with Crippen molar-refractivity contribution in [3.05, 3.63) is 97.0 Å². The van der Waals surface area contributed by atoms with E-state index in [1.54, 1.807) is 43.3 Å². The Balaban J connectivity index is 1.65. The van der Waals surface area contributed by atoms with Crippen LogP contribution in [0.4, 0.5) is 0 Å². The second-order valence-corrected chi connectivity index (χ2v) is 8.60. The summed E-state index contributed by atoms with van der Waals surface area (Å²) in [5.74, 6) is 1.19. The van der Waals surface area contributed by atoms with Crippen molar-refractivity contribution in [3.8, 4) is 17.6 Å². The average molecular weight is 538 g/mol. The van der Waals surface area contributed by atoms with Crippen LogP contribution in [0.15, 0.2) is 69.0 Å². The molecular formula is C25H18BrClN4O3. The summed E-state index contributed by atoms with van der Waals surface area (Å²) in [5.41, 5.74) is 2.18. The normalized spacial score (nSPS) is 11.0. The van der Waals surface area contributed by atoms with E-state index in [-0.39, 0.29) is 12.2 Å². The van der Waals surface area contributed by atoms with E-state index in [1.807, 2.05) is 18.2 Å². The Morgan fingerprint density at radius 2 is 2.03 bits per heavy atom. The molecule has 3 aromatic carbocycles. The number of nitrogens with zero attached hydrogens (tertiary/aromatic N) is 4. The number of halogens is 2. The zero-order chi connectivity index (χ0) is 24.2. The van der Waals surface area contributed by atoms with Crippen LogP contribution in [0, 0.1) is 18.3 Å². The minimum atomic E-state index is -0.283. The molecule has 34 heavy (non-hydrogen) atoms. The summed E-state index contributed by atoms with van der Waals surface area (Å²) in [6.45, 7) is 1.87. The van der Waals surface area contributed by atoms with Gasteiger partial charge in [-0.2, -0.15) is 15.0 Å². The minimum Gasteiger partial charge on any atom is -0.493 e. The molecule has 0 amide bonds. The number of hydrogen-bond donors (Lipinski definition) is 0. The number of ether oxygens (including phenoxy) is 2. The Hall–Kier alpha value is -3.67. The van der Waals surface area contributed by atoms with Crippen LogP contribution in [0.25, 0.3) is 10.9 Å². The van der Waals surface area contributed by atoms with E-state index in [2.05, 4.69) is 32.1 Å². The molecule has 7 nitrogen and oxygen atoms in total. The molecule has 0 bridgehead atoms. The minimum absolute atomic E-state index is 0.153. The Morgan fingerprint density at radius 3 is 2.79 bits per heavy atom. The van der Waals surface area contributed by atoms with Crippen LogP contribution in [0.3, 0.4) is 0 Å². The van der Waals surface area contributed by atoms with Gasteiger partial charge in [0.15, 0.2) is 11.5 Å². The van der Waals surface area contributed by atoms with Gasteiger partial charge in [0.1, 0.15) is 12.4 Å². The number of rotatable bonds is 6. The fourth-order valence-electron chi connectivity index (χ4n) is 3.38. The summed E-state index contributed by atoms with van der Waals surface area (Å²) in [6.07, 6.45) is 1.50. The maximum atomic E-state index is 12.9. The third-order valence-corrected chi connectivity index (χ3v) is 5.83. The first-order chi connectivity index (χ1) is 16.4. The van der Waals surface area contributed by atoms with E-state index in [0.29, 0.717) is 44.4 Å². The molecule has 4 rings (SSSR count). The van der Waals surface area contributed by atoms with Crippen LogP contribution in [-0.4, -0.2) is 23.0 Å². The van der Waals surface area contributed by atoms with Crippen LogP contribution < -0.4 is 15.0 Å². The van der Waals surface area contributed by atoms with Gasteiger partial charge in [-0.05, 0) is 48.9 Å². The molecule has 0 fully saturated rings. The first kappa shape index (κ1) is 23.5. The Labute approximate surface area is 209 Å². The van der Waals surface area contributed by atoms with E-state index in [9.17, 15) is 10.1 Å². The number of aryl methyl sites for hydroxylation is 1. The lowest BCUT2D eigenvalue weighted by atomic mass is 10.1. The molecule has 0 aliphatic carbocycles. The van der Waals surface area contributed by atoms with Gasteiger partial charge in [-0.25, -0.2) is 4.98 Å². The van der Waals surface area contributed by atoms with E-state index in [4.69, 9.17) is 21.1 Å². The Bertz CT molecular complexity index is 1530. The van der Waals surface area contributed by atoms with Gasteiger partial charge < -0.3 is 9.47 Å². The first-order valence-electron chi connectivity index (χ1n) is 10.1. The highest BCUT2D eigenvalue weighted by molar-refractivity contribution is 9.10. The lowest BCUT2D eigenvalue weighted by molar-refractivity contribution is 0.284. The van der Waals surface area contributed by atoms with Crippen LogP contribution in [0.1, 0.15) is 22.5 Å². The average Bonchev–Trinajstić information content (AvgIpc) is 2.83. The van der Waals surface area contributed by atoms with E-state index in [0.717, 1.165) is 10.0 Å². The highest BCUT2D eigenvalue weighted by atomic mass is 79.9. The highest BCUT2D eigenvalue weighted by Crippen LogP contribution is 2.36. The molecule has 0 aliphatic rings. The van der Waals surface area contributed by atoms with Crippen molar-refractivity contribution in [2.45, 2.75) is 13.5 Å². The van der Waals surface area contributed by atoms with Crippen molar-refractivity contribution in [1.29, 1.82) is 5.26 Å². The van der Waals surface area contributed by atoms with Gasteiger partial charge >= 0.3 is 0 Å². The van der Waals surface area contributed by atoms with Gasteiger partial charge in [-0.1, -0.05) is 45.7 Å². The lowest BCUT2D eigenvalue weighted by Gasteiger charge is -2.14. The SMILES string of the molecule is COc1cc(C=Nn2c(C)nc3ccc(Br)cc3c2=O)cc(Cl)c1OCc1ccccc1C#N. The predicted octanol–water partition coefficient (Wildman–Crippen LogP) is 5.46. The summed E-state index contributed by atoms with van der Waals surface area (Å²) in [6, 6.07) is 18.0. The number of nitriles is 1. The summed E-state index contributed by atoms with van der Waals surface area (Å²) in [4.78, 5) is 17.4. The summed E-state index contributed by atoms with van der Waals surface area (Å²) in [5, 5.41) is 14.4. The lowest BCUT2D eigenvalue weighted by Crippen LogP contribution is -2.20. The van der Waals surface area contributed by atoms with Crippen LogP contribution in [0.5, 0.6) is 11.5 Å². The molecule has 1 aromatic heterocycles. The molecule has 1 heterocycles. The number of fused-ring (bicyclic) bond motifs is 1. The van der Waals surface area contributed by atoms with Crippen molar-refractivity contribution in [2.75, 3.05) is 7.11 Å². The number of hydrogen-bond acceptors (Lipinski definition) is 6. The Kier molecular flexibility index (Phi) is 6.96. The van der Waals surface area contributed by atoms with Crippen molar-refractivity contribution in [2.24, 2.45) is 5.10 Å². The molecule has 0 radical (unpaired) electrons. The topological polar surface area (TPSA) is 89.5 Å². The zero-order valence-electron chi connectivity index (χ0n) is 18.3. The van der Waals surface area contributed by atoms with Gasteiger partial charge in [-0.3, -0.25) is 4.79 Å². The van der Waals surface area contributed by atoms with Gasteiger partial charge in [0.2, 0.25) is 0 Å². The number of methoxy groups -OCH3 is 1. The quantitative estimate of drug-likeness (QED) is 0.305. The molecule has 0 unspecified atom stereocenters. The summed E-state index contributed by atoms with van der Waals surface area (Å²) >= 11 is 9.86. The zero-order valence-corrected chi connectivity index (χ0v) is 20.6. The Morgan fingerprint density at radius 1 is 1.24 bits per heavy atom. The van der Waals surface area contributed by atoms with Crippen LogP contribution in [-0.2, 0) is 6.61 Å². The van der Waals surface area contributed by atoms with Gasteiger partial charge in [0.25, 0.3) is 5.56 Å². The molecule has 170 valence electrons. The van der Waals surface area contributed by atoms with Gasteiger partial charge in [-0.15, -0.1) is 0 Å². The maximum absolute atomic E-state index is 12.9. The summed E-state index contributed by atoms with van der Waals surface area (Å²) < 4.78 is 13.4. The monoisotopic (exact) mass is 536 g/mol. The number of benzene rings is 3. The maximum Gasteiger partial charge on any atom is 0.282 e. The molecule has 0 saturated carbocycles. The first-order valence-corrected chi connectivity index (χ1v) is 11.3. The predicted molar refractivity (Wildman–Crippen MR) is 135 cm³/mol. The summed E-state index contributed by atoms with van der Waals surface area (Å²) in [7, 11) is 1.50. The molecule has 9 heteroatoms. The van der Waals surface area contributed by atoms with Gasteiger partial charge in [0.05, 0.1) is 40.9 Å². The third-order valence-electron chi connectivity index (χ3n) is 5.05. The smallest absolute Gasteiger partial charge is 0.282 e. The van der Waals surface area contributed by atoms with Gasteiger partial charge in [0, 0.05) is 10.0 Å².